The van der Waals surface area contributed by atoms with Crippen LogP contribution in [0.4, 0.5) is 0 Å². The lowest BCUT2D eigenvalue weighted by Crippen LogP contribution is -2.43. The van der Waals surface area contributed by atoms with Gasteiger partial charge in [0.1, 0.15) is 5.75 Å². The molecule has 2 aromatic carbocycles. The first kappa shape index (κ1) is 19.1. The molecule has 0 atom stereocenters. The van der Waals surface area contributed by atoms with Crippen molar-refractivity contribution in [2.75, 3.05) is 27.0 Å². The van der Waals surface area contributed by atoms with Crippen LogP contribution >= 0.6 is 0 Å². The molecule has 4 rings (SSSR count). The molecule has 1 fully saturated rings. The Kier molecular flexibility index (Phi) is 5.55. The van der Waals surface area contributed by atoms with Gasteiger partial charge in [-0.3, -0.25) is 9.59 Å². The molecule has 0 unspecified atom stereocenters. The van der Waals surface area contributed by atoms with Gasteiger partial charge in [0.2, 0.25) is 12.7 Å². The molecule has 0 radical (unpaired) electrons. The molecule has 2 amide bonds. The molecule has 0 spiro atoms. The van der Waals surface area contributed by atoms with Crippen molar-refractivity contribution in [1.82, 2.24) is 10.2 Å². The number of rotatable bonds is 5. The van der Waals surface area contributed by atoms with Crippen LogP contribution in [0.15, 0.2) is 42.5 Å². The molecule has 2 aliphatic heterocycles. The first-order chi connectivity index (χ1) is 14.2. The zero-order chi connectivity index (χ0) is 20.2. The molecular weight excluding hydrogens is 372 g/mol. The standard InChI is InChI=1S/C22H24N2O5/c1-27-18-5-3-2-4-17(18)22(26)24-10-8-16(9-11-24)21(25)23-13-15-6-7-19-20(12-15)29-14-28-19/h2-7,12,16H,8-11,13-14H2,1H3,(H,23,25). The third kappa shape index (κ3) is 4.13. The number of likely N-dealkylation sites (tertiary alicyclic amines) is 1. The van der Waals surface area contributed by atoms with Gasteiger partial charge in [0.05, 0.1) is 12.7 Å². The van der Waals surface area contributed by atoms with Crippen molar-refractivity contribution in [1.29, 1.82) is 0 Å². The van der Waals surface area contributed by atoms with E-state index >= 15 is 0 Å². The minimum atomic E-state index is -0.0919. The lowest BCUT2D eigenvalue weighted by molar-refractivity contribution is -0.126. The third-order valence-corrected chi connectivity index (χ3v) is 5.39. The summed E-state index contributed by atoms with van der Waals surface area (Å²) < 4.78 is 16.0. The summed E-state index contributed by atoms with van der Waals surface area (Å²) in [6.07, 6.45) is 1.29. The molecule has 7 heteroatoms. The Balaban J connectivity index is 1.29. The zero-order valence-corrected chi connectivity index (χ0v) is 16.3. The van der Waals surface area contributed by atoms with Crippen LogP contribution in [-0.4, -0.2) is 43.7 Å². The number of amides is 2. The van der Waals surface area contributed by atoms with Crippen LogP contribution in [0.2, 0.25) is 0 Å². The molecule has 0 bridgehead atoms. The van der Waals surface area contributed by atoms with Crippen LogP contribution in [0, 0.1) is 5.92 Å². The molecule has 2 aromatic rings. The van der Waals surface area contributed by atoms with Gasteiger partial charge in [-0.2, -0.15) is 0 Å². The number of benzene rings is 2. The highest BCUT2D eigenvalue weighted by Gasteiger charge is 2.28. The van der Waals surface area contributed by atoms with Crippen molar-refractivity contribution >= 4 is 11.8 Å². The van der Waals surface area contributed by atoms with E-state index in [9.17, 15) is 9.59 Å². The van der Waals surface area contributed by atoms with Crippen molar-refractivity contribution in [2.45, 2.75) is 19.4 Å². The monoisotopic (exact) mass is 396 g/mol. The Bertz CT molecular complexity index is 906. The second-order valence-electron chi connectivity index (χ2n) is 7.17. The lowest BCUT2D eigenvalue weighted by Gasteiger charge is -2.31. The van der Waals surface area contributed by atoms with Gasteiger partial charge >= 0.3 is 0 Å². The van der Waals surface area contributed by atoms with E-state index in [-0.39, 0.29) is 24.5 Å². The first-order valence-electron chi connectivity index (χ1n) is 9.74. The maximum absolute atomic E-state index is 12.8. The molecule has 0 aliphatic carbocycles. The predicted octanol–water partition coefficient (Wildman–Crippen LogP) is 2.59. The van der Waals surface area contributed by atoms with Crippen LogP contribution in [0.3, 0.4) is 0 Å². The van der Waals surface area contributed by atoms with E-state index < -0.39 is 0 Å². The van der Waals surface area contributed by atoms with E-state index in [1.54, 1.807) is 24.1 Å². The molecule has 1 N–H and O–H groups in total. The molecule has 2 heterocycles. The van der Waals surface area contributed by atoms with Gasteiger partial charge in [0.25, 0.3) is 5.91 Å². The topological polar surface area (TPSA) is 77.1 Å². The van der Waals surface area contributed by atoms with Gasteiger partial charge in [0.15, 0.2) is 11.5 Å². The van der Waals surface area contributed by atoms with Gasteiger partial charge in [-0.25, -0.2) is 0 Å². The Morgan fingerprint density at radius 2 is 1.86 bits per heavy atom. The fourth-order valence-corrected chi connectivity index (χ4v) is 3.72. The summed E-state index contributed by atoms with van der Waals surface area (Å²) in [6, 6.07) is 12.9. The molecule has 152 valence electrons. The van der Waals surface area contributed by atoms with Crippen molar-refractivity contribution in [3.8, 4) is 17.2 Å². The van der Waals surface area contributed by atoms with E-state index in [1.807, 2.05) is 30.3 Å². The van der Waals surface area contributed by atoms with Crippen LogP contribution < -0.4 is 19.5 Å². The smallest absolute Gasteiger partial charge is 0.257 e. The predicted molar refractivity (Wildman–Crippen MR) is 106 cm³/mol. The molecular formula is C22H24N2O5. The van der Waals surface area contributed by atoms with Gasteiger partial charge in [-0.15, -0.1) is 0 Å². The van der Waals surface area contributed by atoms with Crippen LogP contribution in [0.1, 0.15) is 28.8 Å². The lowest BCUT2D eigenvalue weighted by atomic mass is 9.95. The minimum Gasteiger partial charge on any atom is -0.496 e. The molecule has 0 saturated carbocycles. The van der Waals surface area contributed by atoms with Crippen molar-refractivity contribution in [3.05, 3.63) is 53.6 Å². The number of methoxy groups -OCH3 is 1. The fourth-order valence-electron chi connectivity index (χ4n) is 3.72. The van der Waals surface area contributed by atoms with Gasteiger partial charge in [-0.1, -0.05) is 18.2 Å². The Morgan fingerprint density at radius 3 is 2.66 bits per heavy atom. The second kappa shape index (κ2) is 8.43. The quantitative estimate of drug-likeness (QED) is 0.841. The number of hydrogen-bond donors (Lipinski definition) is 1. The zero-order valence-electron chi connectivity index (χ0n) is 16.3. The highest BCUT2D eigenvalue weighted by Crippen LogP contribution is 2.32. The molecule has 1 saturated heterocycles. The summed E-state index contributed by atoms with van der Waals surface area (Å²) in [6.45, 7) is 1.78. The molecule has 2 aliphatic rings. The molecule has 0 aromatic heterocycles. The number of carbonyl (C=O) groups excluding carboxylic acids is 2. The summed E-state index contributed by atoms with van der Waals surface area (Å²) in [5, 5.41) is 3.00. The maximum Gasteiger partial charge on any atom is 0.257 e. The SMILES string of the molecule is COc1ccccc1C(=O)N1CCC(C(=O)NCc2ccc3c(c2)OCO3)CC1. The number of piperidine rings is 1. The second-order valence-corrected chi connectivity index (χ2v) is 7.17. The van der Waals surface area contributed by atoms with E-state index in [2.05, 4.69) is 5.32 Å². The number of nitrogens with one attached hydrogen (secondary N) is 1. The van der Waals surface area contributed by atoms with E-state index in [0.29, 0.717) is 49.5 Å². The average Bonchev–Trinajstić information content (AvgIpc) is 3.25. The molecule has 7 nitrogen and oxygen atoms in total. The van der Waals surface area contributed by atoms with Crippen LogP contribution in [-0.2, 0) is 11.3 Å². The van der Waals surface area contributed by atoms with E-state index in [0.717, 1.165) is 11.3 Å². The summed E-state index contributed by atoms with van der Waals surface area (Å²) >= 11 is 0. The summed E-state index contributed by atoms with van der Waals surface area (Å²) in [5.41, 5.74) is 1.52. The number of nitrogens with zero attached hydrogens (tertiary/aromatic N) is 1. The normalized spacial score (nSPS) is 15.8. The largest absolute Gasteiger partial charge is 0.496 e. The van der Waals surface area contributed by atoms with E-state index in [4.69, 9.17) is 14.2 Å². The Morgan fingerprint density at radius 1 is 1.10 bits per heavy atom. The van der Waals surface area contributed by atoms with Crippen LogP contribution in [0.25, 0.3) is 0 Å². The Labute approximate surface area is 169 Å². The number of ether oxygens (including phenoxy) is 3. The fraction of sp³-hybridized carbons (Fsp3) is 0.364. The van der Waals surface area contributed by atoms with Gasteiger partial charge < -0.3 is 24.4 Å². The summed E-state index contributed by atoms with van der Waals surface area (Å²) in [5.74, 6) is 1.88. The first-order valence-corrected chi connectivity index (χ1v) is 9.74. The highest BCUT2D eigenvalue weighted by atomic mass is 16.7. The van der Waals surface area contributed by atoms with Crippen LogP contribution in [0.5, 0.6) is 17.2 Å². The minimum absolute atomic E-state index is 0.0204. The van der Waals surface area contributed by atoms with Gasteiger partial charge in [-0.05, 0) is 42.7 Å². The molecule has 29 heavy (non-hydrogen) atoms. The third-order valence-electron chi connectivity index (χ3n) is 5.39. The van der Waals surface area contributed by atoms with Crippen molar-refractivity contribution in [3.63, 3.8) is 0 Å². The van der Waals surface area contributed by atoms with E-state index in [1.165, 1.54) is 0 Å². The number of para-hydroxylation sites is 1. The summed E-state index contributed by atoms with van der Waals surface area (Å²) in [7, 11) is 1.56. The number of fused-ring (bicyclic) bond motifs is 1. The highest BCUT2D eigenvalue weighted by molar-refractivity contribution is 5.97. The Hall–Kier alpha value is -3.22. The number of carbonyl (C=O) groups is 2. The number of hydrogen-bond acceptors (Lipinski definition) is 5. The average molecular weight is 396 g/mol. The van der Waals surface area contributed by atoms with Crippen molar-refractivity contribution in [2.24, 2.45) is 5.92 Å². The van der Waals surface area contributed by atoms with Gasteiger partial charge in [0, 0.05) is 25.6 Å². The maximum atomic E-state index is 12.8. The summed E-state index contributed by atoms with van der Waals surface area (Å²) in [4.78, 5) is 27.1. The van der Waals surface area contributed by atoms with Crippen molar-refractivity contribution < 1.29 is 23.8 Å².